The van der Waals surface area contributed by atoms with Gasteiger partial charge in [-0.3, -0.25) is 9.69 Å². The summed E-state index contributed by atoms with van der Waals surface area (Å²) < 4.78 is 0. The van der Waals surface area contributed by atoms with Gasteiger partial charge in [-0.25, -0.2) is 4.79 Å². The highest BCUT2D eigenvalue weighted by Crippen LogP contribution is 2.34. The van der Waals surface area contributed by atoms with Crippen LogP contribution in [0.5, 0.6) is 0 Å². The summed E-state index contributed by atoms with van der Waals surface area (Å²) in [5, 5.41) is 13.3. The summed E-state index contributed by atoms with van der Waals surface area (Å²) >= 11 is 0. The highest BCUT2D eigenvalue weighted by atomic mass is 16.4. The Kier molecular flexibility index (Phi) is 8.93. The minimum Gasteiger partial charge on any atom is -0.465 e. The van der Waals surface area contributed by atoms with Crippen LogP contribution in [0.15, 0.2) is 78.9 Å². The molecule has 37 heavy (non-hydrogen) atoms. The molecule has 0 bridgehead atoms. The van der Waals surface area contributed by atoms with Crippen molar-refractivity contribution >= 4 is 17.7 Å². The number of benzene rings is 3. The van der Waals surface area contributed by atoms with Crippen molar-refractivity contribution in [1.82, 2.24) is 15.1 Å². The Hall–Kier alpha value is -3.68. The Labute approximate surface area is 219 Å². The molecule has 0 radical (unpaired) electrons. The lowest BCUT2D eigenvalue weighted by molar-refractivity contribution is 0.0770. The number of carbonyl (C=O) groups is 2. The van der Waals surface area contributed by atoms with Gasteiger partial charge in [-0.2, -0.15) is 0 Å². The van der Waals surface area contributed by atoms with Crippen LogP contribution in [0.3, 0.4) is 0 Å². The average Bonchev–Trinajstić information content (AvgIpc) is 2.93. The molecule has 3 aromatic carbocycles. The van der Waals surface area contributed by atoms with E-state index in [1.165, 1.54) is 0 Å². The van der Waals surface area contributed by atoms with Gasteiger partial charge in [0, 0.05) is 56.9 Å². The molecule has 0 aliphatic carbocycles. The minimum absolute atomic E-state index is 0.0161. The molecule has 0 atom stereocenters. The second-order valence-corrected chi connectivity index (χ2v) is 9.57. The van der Waals surface area contributed by atoms with Crippen LogP contribution in [0.4, 0.5) is 10.5 Å². The van der Waals surface area contributed by atoms with Crippen molar-refractivity contribution in [3.8, 4) is 11.1 Å². The topological polar surface area (TPSA) is 76.1 Å². The third-order valence-corrected chi connectivity index (χ3v) is 7.03. The molecular formula is C30H36N4O3. The maximum Gasteiger partial charge on any atom is 0.412 e. The molecule has 1 aliphatic heterocycles. The molecule has 7 heteroatoms. The van der Waals surface area contributed by atoms with E-state index in [1.807, 2.05) is 93.0 Å². The molecule has 194 valence electrons. The molecule has 1 aliphatic rings. The maximum atomic E-state index is 12.9. The van der Waals surface area contributed by atoms with Gasteiger partial charge in [0.05, 0.1) is 5.69 Å². The van der Waals surface area contributed by atoms with Crippen LogP contribution in [-0.2, 0) is 6.54 Å². The van der Waals surface area contributed by atoms with Crippen LogP contribution >= 0.6 is 0 Å². The molecule has 3 aromatic rings. The number of nitrogens with one attached hydrogen (secondary N) is 1. The van der Waals surface area contributed by atoms with Gasteiger partial charge in [0.25, 0.3) is 5.91 Å². The van der Waals surface area contributed by atoms with Gasteiger partial charge in [-0.05, 0) is 49.2 Å². The number of anilines is 1. The van der Waals surface area contributed by atoms with E-state index in [0.717, 1.165) is 61.4 Å². The SMILES string of the molecule is CNCc1cccc(C(=O)N(C)CCN2CCC(N(C(=O)O)c3ccccc3-c3ccccc3)CC2)c1. The van der Waals surface area contributed by atoms with Crippen LogP contribution in [0.2, 0.25) is 0 Å². The molecule has 7 nitrogen and oxygen atoms in total. The van der Waals surface area contributed by atoms with Crippen molar-refractivity contribution < 1.29 is 14.7 Å². The summed E-state index contributed by atoms with van der Waals surface area (Å²) in [5.74, 6) is 0.0161. The zero-order valence-electron chi connectivity index (χ0n) is 21.6. The number of piperidine rings is 1. The number of rotatable bonds is 9. The number of amides is 2. The van der Waals surface area contributed by atoms with Gasteiger partial charge in [0.2, 0.25) is 0 Å². The normalized spacial score (nSPS) is 14.3. The number of para-hydroxylation sites is 1. The van der Waals surface area contributed by atoms with Crippen LogP contribution in [-0.4, -0.2) is 73.2 Å². The van der Waals surface area contributed by atoms with Crippen molar-refractivity contribution in [3.05, 3.63) is 90.0 Å². The van der Waals surface area contributed by atoms with E-state index in [9.17, 15) is 14.7 Å². The molecule has 0 spiro atoms. The van der Waals surface area contributed by atoms with Crippen molar-refractivity contribution in [2.45, 2.75) is 25.4 Å². The van der Waals surface area contributed by atoms with E-state index in [4.69, 9.17) is 0 Å². The summed E-state index contributed by atoms with van der Waals surface area (Å²) in [4.78, 5) is 31.0. The molecule has 0 unspecified atom stereocenters. The van der Waals surface area contributed by atoms with Gasteiger partial charge >= 0.3 is 6.09 Å². The van der Waals surface area contributed by atoms with Crippen molar-refractivity contribution in [1.29, 1.82) is 0 Å². The van der Waals surface area contributed by atoms with Gasteiger partial charge in [-0.1, -0.05) is 60.7 Å². The van der Waals surface area contributed by atoms with Gasteiger partial charge in [0.1, 0.15) is 0 Å². The molecule has 4 rings (SSSR count). The number of likely N-dealkylation sites (N-methyl/N-ethyl adjacent to an activating group) is 1. The Morgan fingerprint density at radius 1 is 0.973 bits per heavy atom. The Morgan fingerprint density at radius 3 is 2.38 bits per heavy atom. The lowest BCUT2D eigenvalue weighted by Crippen LogP contribution is -2.48. The van der Waals surface area contributed by atoms with Crippen molar-refractivity contribution in [3.63, 3.8) is 0 Å². The van der Waals surface area contributed by atoms with Crippen molar-refractivity contribution in [2.24, 2.45) is 0 Å². The lowest BCUT2D eigenvalue weighted by Gasteiger charge is -2.38. The molecule has 1 saturated heterocycles. The van der Waals surface area contributed by atoms with Gasteiger partial charge in [-0.15, -0.1) is 0 Å². The first-order valence-corrected chi connectivity index (χ1v) is 12.9. The van der Waals surface area contributed by atoms with Gasteiger partial charge < -0.3 is 20.2 Å². The van der Waals surface area contributed by atoms with E-state index in [0.29, 0.717) is 12.1 Å². The van der Waals surface area contributed by atoms with Crippen LogP contribution < -0.4 is 10.2 Å². The molecule has 0 saturated carbocycles. The van der Waals surface area contributed by atoms with E-state index in [1.54, 1.807) is 9.80 Å². The summed E-state index contributed by atoms with van der Waals surface area (Å²) in [6.45, 7) is 3.70. The lowest BCUT2D eigenvalue weighted by atomic mass is 9.98. The zero-order valence-corrected chi connectivity index (χ0v) is 21.6. The molecule has 2 amide bonds. The van der Waals surface area contributed by atoms with Crippen LogP contribution in [0.25, 0.3) is 11.1 Å². The monoisotopic (exact) mass is 500 g/mol. The number of carbonyl (C=O) groups excluding carboxylic acids is 1. The third kappa shape index (κ3) is 6.56. The predicted octanol–water partition coefficient (Wildman–Crippen LogP) is 4.79. The second-order valence-electron chi connectivity index (χ2n) is 9.57. The third-order valence-electron chi connectivity index (χ3n) is 7.03. The Bertz CT molecular complexity index is 1190. The standard InChI is InChI=1S/C30H36N4O3/c1-31-22-23-9-8-12-25(21-23)29(35)32(2)19-20-33-17-15-26(16-18-33)34(30(36)37)28-14-7-6-13-27(28)24-10-4-3-5-11-24/h3-14,21,26,31H,15-20,22H2,1-2H3,(H,36,37). The summed E-state index contributed by atoms with van der Waals surface area (Å²) in [6.07, 6.45) is 0.575. The van der Waals surface area contributed by atoms with E-state index >= 15 is 0 Å². The smallest absolute Gasteiger partial charge is 0.412 e. The highest BCUT2D eigenvalue weighted by Gasteiger charge is 2.30. The average molecular weight is 501 g/mol. The van der Waals surface area contributed by atoms with Gasteiger partial charge in [0.15, 0.2) is 0 Å². The largest absolute Gasteiger partial charge is 0.465 e. The predicted molar refractivity (Wildman–Crippen MR) is 148 cm³/mol. The first-order valence-electron chi connectivity index (χ1n) is 12.9. The molecular weight excluding hydrogens is 464 g/mol. The molecule has 1 heterocycles. The summed E-state index contributed by atoms with van der Waals surface area (Å²) in [6, 6.07) is 25.3. The zero-order chi connectivity index (χ0) is 26.2. The number of nitrogens with zero attached hydrogens (tertiary/aromatic N) is 3. The van der Waals surface area contributed by atoms with Crippen molar-refractivity contribution in [2.75, 3.05) is 45.2 Å². The molecule has 1 fully saturated rings. The maximum absolute atomic E-state index is 12.9. The summed E-state index contributed by atoms with van der Waals surface area (Å²) in [7, 11) is 3.73. The number of hydrogen-bond donors (Lipinski definition) is 2. The van der Waals surface area contributed by atoms with E-state index in [2.05, 4.69) is 10.2 Å². The highest BCUT2D eigenvalue weighted by molar-refractivity contribution is 5.94. The quantitative estimate of drug-likeness (QED) is 0.442. The fourth-order valence-corrected chi connectivity index (χ4v) is 5.03. The van der Waals surface area contributed by atoms with Crippen LogP contribution in [0, 0.1) is 0 Å². The minimum atomic E-state index is -0.923. The van der Waals surface area contributed by atoms with E-state index < -0.39 is 6.09 Å². The first-order chi connectivity index (χ1) is 18.0. The first kappa shape index (κ1) is 26.4. The Balaban J connectivity index is 1.36. The van der Waals surface area contributed by atoms with E-state index in [-0.39, 0.29) is 11.9 Å². The fraction of sp³-hybridized carbons (Fsp3) is 0.333. The fourth-order valence-electron chi connectivity index (χ4n) is 5.03. The summed E-state index contributed by atoms with van der Waals surface area (Å²) in [5.41, 5.74) is 4.44. The second kappa shape index (κ2) is 12.5. The number of hydrogen-bond acceptors (Lipinski definition) is 4. The Morgan fingerprint density at radius 2 is 1.68 bits per heavy atom. The van der Waals surface area contributed by atoms with Crippen LogP contribution in [0.1, 0.15) is 28.8 Å². The number of likely N-dealkylation sites (tertiary alicyclic amines) is 1. The molecule has 0 aromatic heterocycles. The number of carboxylic acid groups (broad SMARTS) is 1. The molecule has 2 N–H and O–H groups in total.